The first-order valence-electron chi connectivity index (χ1n) is 9.13. The van der Waals surface area contributed by atoms with E-state index in [0.717, 1.165) is 6.42 Å². The predicted octanol–water partition coefficient (Wildman–Crippen LogP) is 2.88. The zero-order valence-electron chi connectivity index (χ0n) is 15.8. The number of hydrogen-bond donors (Lipinski definition) is 3. The van der Waals surface area contributed by atoms with E-state index in [9.17, 15) is 9.59 Å². The van der Waals surface area contributed by atoms with Crippen molar-refractivity contribution >= 4 is 17.7 Å². The van der Waals surface area contributed by atoms with Crippen molar-refractivity contribution in [2.45, 2.75) is 38.1 Å². The average Bonchev–Trinajstić information content (AvgIpc) is 2.66. The molecule has 2 rings (SSSR count). The molecule has 150 valence electrons. The van der Waals surface area contributed by atoms with E-state index in [1.54, 1.807) is 32.4 Å². The number of rotatable bonds is 9. The van der Waals surface area contributed by atoms with Crippen molar-refractivity contribution in [3.63, 3.8) is 0 Å². The molecule has 0 unspecified atom stereocenters. The number of methoxy groups -OCH3 is 2. The number of carboxylic acids is 1. The van der Waals surface area contributed by atoms with E-state index in [4.69, 9.17) is 19.3 Å². The van der Waals surface area contributed by atoms with Crippen molar-refractivity contribution in [2.24, 2.45) is 5.92 Å². The van der Waals surface area contributed by atoms with Gasteiger partial charge in [-0.15, -0.1) is 0 Å². The Kier molecular flexibility index (Phi) is 8.19. The van der Waals surface area contributed by atoms with Crippen LogP contribution < -0.4 is 20.1 Å². The van der Waals surface area contributed by atoms with Crippen molar-refractivity contribution < 1.29 is 28.9 Å². The van der Waals surface area contributed by atoms with Crippen LogP contribution in [0.5, 0.6) is 11.5 Å². The Labute approximate surface area is 159 Å². The molecule has 0 aromatic heterocycles. The van der Waals surface area contributed by atoms with Gasteiger partial charge in [0.25, 0.3) is 0 Å². The van der Waals surface area contributed by atoms with E-state index in [-0.39, 0.29) is 18.0 Å². The lowest BCUT2D eigenvalue weighted by Crippen LogP contribution is -2.40. The zero-order chi connectivity index (χ0) is 19.6. The van der Waals surface area contributed by atoms with Crippen molar-refractivity contribution in [3.8, 4) is 11.5 Å². The molecule has 0 heterocycles. The lowest BCUT2D eigenvalue weighted by atomic mass is 9.86. The van der Waals surface area contributed by atoms with Crippen molar-refractivity contribution in [2.75, 3.05) is 32.8 Å². The highest BCUT2D eigenvalue weighted by molar-refractivity contribution is 5.89. The lowest BCUT2D eigenvalue weighted by Gasteiger charge is -2.26. The summed E-state index contributed by atoms with van der Waals surface area (Å²) in [5.41, 5.74) is 0.591. The summed E-state index contributed by atoms with van der Waals surface area (Å²) < 4.78 is 16.0. The van der Waals surface area contributed by atoms with Gasteiger partial charge in [-0.3, -0.25) is 4.79 Å². The number of benzene rings is 1. The predicted molar refractivity (Wildman–Crippen MR) is 101 cm³/mol. The molecular weight excluding hydrogens is 352 g/mol. The molecule has 27 heavy (non-hydrogen) atoms. The molecule has 1 aromatic rings. The van der Waals surface area contributed by atoms with Gasteiger partial charge in [-0.1, -0.05) is 0 Å². The Morgan fingerprint density at radius 2 is 1.85 bits per heavy atom. The highest BCUT2D eigenvalue weighted by Crippen LogP contribution is 2.30. The van der Waals surface area contributed by atoms with Crippen LogP contribution in [-0.2, 0) is 9.53 Å². The number of ether oxygens (including phenoxy) is 3. The van der Waals surface area contributed by atoms with Crippen LogP contribution in [0.2, 0.25) is 0 Å². The largest absolute Gasteiger partial charge is 0.493 e. The molecule has 0 aliphatic heterocycles. The zero-order valence-corrected chi connectivity index (χ0v) is 15.8. The average molecular weight is 380 g/mol. The summed E-state index contributed by atoms with van der Waals surface area (Å²) in [5, 5.41) is 14.7. The van der Waals surface area contributed by atoms with Gasteiger partial charge in [0.2, 0.25) is 0 Å². The monoisotopic (exact) mass is 380 g/mol. The fourth-order valence-electron chi connectivity index (χ4n) is 3.09. The number of carbonyl (C=O) groups excluding carboxylic acids is 1. The summed E-state index contributed by atoms with van der Waals surface area (Å²) in [7, 11) is 3.19. The Morgan fingerprint density at radius 1 is 1.11 bits per heavy atom. The van der Waals surface area contributed by atoms with Gasteiger partial charge < -0.3 is 30.0 Å². The topological polar surface area (TPSA) is 106 Å². The molecule has 8 heteroatoms. The quantitative estimate of drug-likeness (QED) is 0.569. The van der Waals surface area contributed by atoms with Crippen molar-refractivity contribution in [1.82, 2.24) is 5.32 Å². The summed E-state index contributed by atoms with van der Waals surface area (Å²) in [6.07, 6.45) is 3.28. The van der Waals surface area contributed by atoms with E-state index in [1.807, 2.05) is 0 Å². The summed E-state index contributed by atoms with van der Waals surface area (Å²) in [4.78, 5) is 23.2. The fourth-order valence-corrected chi connectivity index (χ4v) is 3.09. The molecule has 1 fully saturated rings. The molecule has 0 spiro atoms. The number of urea groups is 1. The lowest BCUT2D eigenvalue weighted by molar-refractivity contribution is -0.142. The number of aliphatic carboxylic acids is 1. The Balaban J connectivity index is 1.83. The van der Waals surface area contributed by atoms with Gasteiger partial charge in [-0.2, -0.15) is 0 Å². The maximum atomic E-state index is 12.2. The highest BCUT2D eigenvalue weighted by atomic mass is 16.5. The van der Waals surface area contributed by atoms with Crippen LogP contribution in [0.1, 0.15) is 32.1 Å². The normalized spacial score (nSPS) is 19.2. The number of carbonyl (C=O) groups is 2. The number of hydrogen-bond acceptors (Lipinski definition) is 5. The van der Waals surface area contributed by atoms with Gasteiger partial charge >= 0.3 is 12.0 Å². The van der Waals surface area contributed by atoms with E-state index >= 15 is 0 Å². The molecule has 2 amide bonds. The molecule has 0 atom stereocenters. The third-order valence-electron chi connectivity index (χ3n) is 4.58. The number of amides is 2. The summed E-state index contributed by atoms with van der Waals surface area (Å²) in [6.45, 7) is 1.13. The van der Waals surface area contributed by atoms with Crippen LogP contribution in [0, 0.1) is 5.92 Å². The third kappa shape index (κ3) is 6.63. The molecule has 1 aromatic carbocycles. The van der Waals surface area contributed by atoms with Crippen LogP contribution in [0.4, 0.5) is 10.5 Å². The summed E-state index contributed by atoms with van der Waals surface area (Å²) in [5.74, 6) is 0.0834. The van der Waals surface area contributed by atoms with Crippen LogP contribution in [-0.4, -0.2) is 50.6 Å². The minimum atomic E-state index is -0.755. The molecule has 3 N–H and O–H groups in total. The second kappa shape index (κ2) is 10.6. The molecule has 0 bridgehead atoms. The minimum absolute atomic E-state index is 0.00844. The summed E-state index contributed by atoms with van der Waals surface area (Å²) in [6, 6.07) is 4.87. The molecular formula is C19H28N2O6. The van der Waals surface area contributed by atoms with Gasteiger partial charge in [0.05, 0.1) is 19.6 Å². The molecule has 8 nitrogen and oxygen atoms in total. The third-order valence-corrected chi connectivity index (χ3v) is 4.58. The standard InChI is InChI=1S/C19H28N2O6/c1-25-10-3-11-27-16-9-8-15(12-17(16)26-2)21-19(24)20-14-6-4-13(5-7-14)18(22)23/h8-9,12-14H,3-7,10-11H2,1-2H3,(H,22,23)(H2,20,21,24). The Hall–Kier alpha value is -2.48. The minimum Gasteiger partial charge on any atom is -0.493 e. The van der Waals surface area contributed by atoms with Crippen LogP contribution >= 0.6 is 0 Å². The van der Waals surface area contributed by atoms with E-state index in [0.29, 0.717) is 56.1 Å². The number of anilines is 1. The molecule has 1 saturated carbocycles. The smallest absolute Gasteiger partial charge is 0.319 e. The first-order chi connectivity index (χ1) is 13.0. The van der Waals surface area contributed by atoms with E-state index < -0.39 is 5.97 Å². The first-order valence-corrected chi connectivity index (χ1v) is 9.13. The Morgan fingerprint density at radius 3 is 2.48 bits per heavy atom. The van der Waals surface area contributed by atoms with Gasteiger partial charge in [-0.05, 0) is 37.8 Å². The molecule has 0 radical (unpaired) electrons. The van der Waals surface area contributed by atoms with Crippen LogP contribution in [0.15, 0.2) is 18.2 Å². The second-order valence-electron chi connectivity index (χ2n) is 6.55. The van der Waals surface area contributed by atoms with Crippen LogP contribution in [0.3, 0.4) is 0 Å². The van der Waals surface area contributed by atoms with Gasteiger partial charge in [0.15, 0.2) is 11.5 Å². The van der Waals surface area contributed by atoms with Gasteiger partial charge in [0.1, 0.15) is 0 Å². The first kappa shape index (κ1) is 20.8. The molecule has 1 aliphatic carbocycles. The maximum absolute atomic E-state index is 12.2. The number of nitrogens with one attached hydrogen (secondary N) is 2. The molecule has 1 aliphatic rings. The van der Waals surface area contributed by atoms with Crippen LogP contribution in [0.25, 0.3) is 0 Å². The van der Waals surface area contributed by atoms with E-state index in [1.165, 1.54) is 0 Å². The Bertz CT molecular complexity index is 629. The highest BCUT2D eigenvalue weighted by Gasteiger charge is 2.26. The van der Waals surface area contributed by atoms with Crippen molar-refractivity contribution in [1.29, 1.82) is 0 Å². The molecule has 0 saturated heterocycles. The maximum Gasteiger partial charge on any atom is 0.319 e. The van der Waals surface area contributed by atoms with Crippen molar-refractivity contribution in [3.05, 3.63) is 18.2 Å². The second-order valence-corrected chi connectivity index (χ2v) is 6.55. The van der Waals surface area contributed by atoms with Gasteiger partial charge in [-0.25, -0.2) is 4.79 Å². The number of carboxylic acid groups (broad SMARTS) is 1. The van der Waals surface area contributed by atoms with E-state index in [2.05, 4.69) is 10.6 Å². The summed E-state index contributed by atoms with van der Waals surface area (Å²) >= 11 is 0. The fraction of sp³-hybridized carbons (Fsp3) is 0.579. The van der Waals surface area contributed by atoms with Gasteiger partial charge in [0, 0.05) is 37.9 Å². The SMILES string of the molecule is COCCCOc1ccc(NC(=O)NC2CCC(C(=O)O)CC2)cc1OC.